The van der Waals surface area contributed by atoms with Gasteiger partial charge >= 0.3 is 0 Å². The van der Waals surface area contributed by atoms with Crippen molar-refractivity contribution in [1.29, 1.82) is 0 Å². The third kappa shape index (κ3) is 6.28. The van der Waals surface area contributed by atoms with Gasteiger partial charge in [0.25, 0.3) is 0 Å². The molecule has 0 unspecified atom stereocenters. The molecule has 1 aromatic heterocycles. The molecule has 0 aliphatic carbocycles. The van der Waals surface area contributed by atoms with E-state index in [1.807, 2.05) is 6.07 Å². The number of carbonyl (C=O) groups is 1. The second-order valence-corrected chi connectivity index (χ2v) is 9.29. The number of hydrogen-bond donors (Lipinski definition) is 0. The number of anilines is 1. The molecule has 176 valence electrons. The summed E-state index contributed by atoms with van der Waals surface area (Å²) in [5.41, 5.74) is 0.670. The van der Waals surface area contributed by atoms with Crippen LogP contribution in [0.3, 0.4) is 0 Å². The van der Waals surface area contributed by atoms with Gasteiger partial charge in [0.15, 0.2) is 0 Å². The minimum atomic E-state index is -3.71. The van der Waals surface area contributed by atoms with Crippen LogP contribution in [0.25, 0.3) is 11.4 Å². The quantitative estimate of drug-likeness (QED) is 0.443. The fourth-order valence-corrected chi connectivity index (χ4v) is 4.14. The number of halogens is 1. The van der Waals surface area contributed by atoms with Crippen LogP contribution in [0.1, 0.15) is 18.7 Å². The number of methoxy groups -OCH3 is 1. The first kappa shape index (κ1) is 24.2. The number of aromatic nitrogens is 2. The Morgan fingerprint density at radius 1 is 1.18 bits per heavy atom. The number of sulfonamides is 1. The molecule has 0 spiro atoms. The van der Waals surface area contributed by atoms with Gasteiger partial charge in [0.05, 0.1) is 25.6 Å². The molecule has 11 heteroatoms. The zero-order valence-corrected chi connectivity index (χ0v) is 19.4. The fourth-order valence-electron chi connectivity index (χ4n) is 3.17. The second-order valence-electron chi connectivity index (χ2n) is 7.38. The largest absolute Gasteiger partial charge is 0.497 e. The molecule has 0 radical (unpaired) electrons. The lowest BCUT2D eigenvalue weighted by Crippen LogP contribution is -2.33. The van der Waals surface area contributed by atoms with Crippen molar-refractivity contribution < 1.29 is 26.9 Å². The maximum absolute atomic E-state index is 14.1. The van der Waals surface area contributed by atoms with E-state index < -0.39 is 15.8 Å². The highest BCUT2D eigenvalue weighted by atomic mass is 32.2. The molecular formula is C22H25FN4O5S. The van der Waals surface area contributed by atoms with Crippen LogP contribution in [-0.4, -0.2) is 56.3 Å². The summed E-state index contributed by atoms with van der Waals surface area (Å²) in [5, 5.41) is 3.94. The number of benzene rings is 2. The molecule has 0 atom stereocenters. The Morgan fingerprint density at radius 3 is 2.64 bits per heavy atom. The van der Waals surface area contributed by atoms with Gasteiger partial charge in [-0.2, -0.15) is 4.98 Å². The summed E-state index contributed by atoms with van der Waals surface area (Å²) in [5.74, 6) is 0.406. The molecule has 0 saturated heterocycles. The van der Waals surface area contributed by atoms with E-state index in [0.717, 1.165) is 10.6 Å². The summed E-state index contributed by atoms with van der Waals surface area (Å²) in [4.78, 5) is 18.2. The van der Waals surface area contributed by atoms with Crippen LogP contribution in [0.5, 0.6) is 5.75 Å². The van der Waals surface area contributed by atoms with Gasteiger partial charge in [-0.25, -0.2) is 12.8 Å². The van der Waals surface area contributed by atoms with Gasteiger partial charge in [-0.15, -0.1) is 0 Å². The van der Waals surface area contributed by atoms with E-state index in [1.165, 1.54) is 23.1 Å². The second kappa shape index (κ2) is 10.4. The zero-order valence-electron chi connectivity index (χ0n) is 18.6. The predicted molar refractivity (Wildman–Crippen MR) is 121 cm³/mol. The number of nitrogens with zero attached hydrogens (tertiary/aromatic N) is 4. The van der Waals surface area contributed by atoms with Crippen molar-refractivity contribution in [3.05, 3.63) is 60.2 Å². The number of hydrogen-bond acceptors (Lipinski definition) is 7. The molecule has 2 aromatic carbocycles. The lowest BCUT2D eigenvalue weighted by molar-refractivity contribution is -0.130. The summed E-state index contributed by atoms with van der Waals surface area (Å²) in [7, 11) is -0.561. The SMILES string of the molecule is COc1cccc(-c2noc(CN(C)C(=O)CCCN(c3ccccc3F)S(C)(=O)=O)n2)c1. The molecule has 3 rings (SSSR count). The molecule has 0 saturated carbocycles. The molecule has 0 N–H and O–H groups in total. The summed E-state index contributed by atoms with van der Waals surface area (Å²) < 4.78 is 49.7. The van der Waals surface area contributed by atoms with E-state index in [4.69, 9.17) is 9.26 Å². The van der Waals surface area contributed by atoms with Gasteiger partial charge < -0.3 is 14.2 Å². The molecule has 33 heavy (non-hydrogen) atoms. The third-order valence-electron chi connectivity index (χ3n) is 4.87. The van der Waals surface area contributed by atoms with E-state index in [-0.39, 0.29) is 43.4 Å². The number of ether oxygens (including phenoxy) is 1. The minimum Gasteiger partial charge on any atom is -0.497 e. The molecule has 0 fully saturated rings. The van der Waals surface area contributed by atoms with Crippen molar-refractivity contribution in [2.75, 3.05) is 31.3 Å². The van der Waals surface area contributed by atoms with Crippen LogP contribution in [0.4, 0.5) is 10.1 Å². The summed E-state index contributed by atoms with van der Waals surface area (Å²) in [6, 6.07) is 12.8. The van der Waals surface area contributed by atoms with Crippen molar-refractivity contribution in [3.8, 4) is 17.1 Å². The number of para-hydroxylation sites is 1. The van der Waals surface area contributed by atoms with Crippen LogP contribution in [0, 0.1) is 5.82 Å². The van der Waals surface area contributed by atoms with Crippen molar-refractivity contribution >= 4 is 21.6 Å². The molecule has 9 nitrogen and oxygen atoms in total. The summed E-state index contributed by atoms with van der Waals surface area (Å²) >= 11 is 0. The first-order chi connectivity index (χ1) is 15.7. The van der Waals surface area contributed by atoms with Crippen LogP contribution in [0.15, 0.2) is 53.1 Å². The molecule has 3 aromatic rings. The summed E-state index contributed by atoms with van der Waals surface area (Å²) in [6.45, 7) is 0.0683. The Bertz CT molecular complexity index is 1210. The minimum absolute atomic E-state index is 0.0279. The van der Waals surface area contributed by atoms with Crippen LogP contribution < -0.4 is 9.04 Å². The van der Waals surface area contributed by atoms with E-state index in [2.05, 4.69) is 10.1 Å². The van der Waals surface area contributed by atoms with E-state index in [0.29, 0.717) is 17.1 Å². The van der Waals surface area contributed by atoms with Crippen LogP contribution in [-0.2, 0) is 21.4 Å². The lowest BCUT2D eigenvalue weighted by Gasteiger charge is -2.23. The van der Waals surface area contributed by atoms with Crippen molar-refractivity contribution in [2.45, 2.75) is 19.4 Å². The summed E-state index contributed by atoms with van der Waals surface area (Å²) in [6.07, 6.45) is 1.28. The third-order valence-corrected chi connectivity index (χ3v) is 6.05. The Kier molecular flexibility index (Phi) is 7.64. The standard InChI is InChI=1S/C22H25FN4O5S/c1-26(15-20-24-22(25-32-20)16-8-6-9-17(14-16)31-2)21(28)12-7-13-27(33(3,29)30)19-11-5-4-10-18(19)23/h4-6,8-11,14H,7,12-13,15H2,1-3H3. The molecule has 0 bridgehead atoms. The first-order valence-electron chi connectivity index (χ1n) is 10.1. The highest BCUT2D eigenvalue weighted by Crippen LogP contribution is 2.23. The van der Waals surface area contributed by atoms with Gasteiger partial charge in [0.1, 0.15) is 11.6 Å². The molecule has 1 amide bonds. The fraction of sp³-hybridized carbons (Fsp3) is 0.318. The normalized spacial score (nSPS) is 11.3. The van der Waals surface area contributed by atoms with Crippen LogP contribution in [0.2, 0.25) is 0 Å². The topological polar surface area (TPSA) is 106 Å². The molecule has 0 aliphatic rings. The van der Waals surface area contributed by atoms with Gasteiger partial charge in [0.2, 0.25) is 27.6 Å². The monoisotopic (exact) mass is 476 g/mol. The average molecular weight is 477 g/mol. The Morgan fingerprint density at radius 2 is 1.94 bits per heavy atom. The predicted octanol–water partition coefficient (Wildman–Crippen LogP) is 3.09. The van der Waals surface area contributed by atoms with E-state index in [9.17, 15) is 17.6 Å². The van der Waals surface area contributed by atoms with Crippen molar-refractivity contribution in [2.24, 2.45) is 0 Å². The number of amides is 1. The van der Waals surface area contributed by atoms with Gasteiger partial charge in [-0.05, 0) is 30.7 Å². The Labute approximate surface area is 191 Å². The highest BCUT2D eigenvalue weighted by Gasteiger charge is 2.21. The Hall–Kier alpha value is -3.47. The zero-order chi connectivity index (χ0) is 24.0. The van der Waals surface area contributed by atoms with Crippen molar-refractivity contribution in [3.63, 3.8) is 0 Å². The maximum Gasteiger partial charge on any atom is 0.246 e. The number of carbonyl (C=O) groups excluding carboxylic acids is 1. The first-order valence-corrected chi connectivity index (χ1v) is 12.0. The smallest absolute Gasteiger partial charge is 0.246 e. The maximum atomic E-state index is 14.1. The van der Waals surface area contributed by atoms with Crippen LogP contribution >= 0.6 is 0 Å². The molecular weight excluding hydrogens is 451 g/mol. The van der Waals surface area contributed by atoms with Gasteiger partial charge in [-0.3, -0.25) is 9.10 Å². The van der Waals surface area contributed by atoms with Gasteiger partial charge in [0, 0.05) is 25.6 Å². The highest BCUT2D eigenvalue weighted by molar-refractivity contribution is 7.92. The van der Waals surface area contributed by atoms with Gasteiger partial charge in [-0.1, -0.05) is 29.4 Å². The van der Waals surface area contributed by atoms with E-state index >= 15 is 0 Å². The average Bonchev–Trinajstić information content (AvgIpc) is 3.25. The van der Waals surface area contributed by atoms with E-state index in [1.54, 1.807) is 38.4 Å². The lowest BCUT2D eigenvalue weighted by atomic mass is 10.2. The molecule has 0 aliphatic heterocycles. The Balaban J connectivity index is 1.57. The van der Waals surface area contributed by atoms with Crippen molar-refractivity contribution in [1.82, 2.24) is 15.0 Å². The number of rotatable bonds is 10. The molecule has 1 heterocycles.